The van der Waals surface area contributed by atoms with Crippen molar-refractivity contribution in [2.75, 3.05) is 36.1 Å². The predicted octanol–water partition coefficient (Wildman–Crippen LogP) is 3.09. The molecule has 2 heterocycles. The highest BCUT2D eigenvalue weighted by molar-refractivity contribution is 7.80. The molecule has 0 aromatic heterocycles. The number of thiocarbonyl (C=S) groups is 1. The van der Waals surface area contributed by atoms with Gasteiger partial charge < -0.3 is 15.0 Å². The predicted molar refractivity (Wildman–Crippen MR) is 112 cm³/mol. The van der Waals surface area contributed by atoms with Gasteiger partial charge in [0.1, 0.15) is 5.70 Å². The zero-order valence-electron chi connectivity index (χ0n) is 15.1. The van der Waals surface area contributed by atoms with Gasteiger partial charge in [0.25, 0.3) is 5.91 Å². The Morgan fingerprint density at radius 2 is 1.78 bits per heavy atom. The highest BCUT2D eigenvalue weighted by Crippen LogP contribution is 2.26. The number of benzene rings is 2. The first kappa shape index (κ1) is 17.7. The number of nitrogens with zero attached hydrogens (tertiary/aromatic N) is 2. The van der Waals surface area contributed by atoms with Crippen LogP contribution in [0, 0.1) is 6.92 Å². The number of nitrogens with one attached hydrogen (secondary N) is 1. The molecular formula is C21H21N3O2S. The number of rotatable bonds is 3. The third-order valence-corrected chi connectivity index (χ3v) is 5.10. The molecule has 0 atom stereocenters. The quantitative estimate of drug-likeness (QED) is 0.656. The number of carbonyl (C=O) groups excluding carboxylic acids is 1. The lowest BCUT2D eigenvalue weighted by atomic mass is 10.1. The van der Waals surface area contributed by atoms with Gasteiger partial charge in [0.2, 0.25) is 0 Å². The van der Waals surface area contributed by atoms with Crippen LogP contribution in [0.3, 0.4) is 0 Å². The van der Waals surface area contributed by atoms with Gasteiger partial charge in [0, 0.05) is 18.8 Å². The van der Waals surface area contributed by atoms with Crippen molar-refractivity contribution >= 4 is 40.7 Å². The van der Waals surface area contributed by atoms with E-state index in [1.54, 1.807) is 4.90 Å². The van der Waals surface area contributed by atoms with E-state index in [-0.39, 0.29) is 5.91 Å². The maximum atomic E-state index is 12.9. The number of amides is 1. The Balaban J connectivity index is 1.55. The number of carbonyl (C=O) groups is 1. The molecule has 0 radical (unpaired) electrons. The van der Waals surface area contributed by atoms with Crippen LogP contribution in [-0.2, 0) is 9.53 Å². The van der Waals surface area contributed by atoms with Crippen molar-refractivity contribution in [2.45, 2.75) is 6.92 Å². The molecule has 0 saturated carbocycles. The van der Waals surface area contributed by atoms with E-state index in [9.17, 15) is 4.79 Å². The normalized spacial score (nSPS) is 18.9. The van der Waals surface area contributed by atoms with Crippen LogP contribution in [-0.4, -0.2) is 37.3 Å². The average molecular weight is 379 g/mol. The summed E-state index contributed by atoms with van der Waals surface area (Å²) in [6.45, 7) is 5.30. The molecule has 2 saturated heterocycles. The molecule has 4 rings (SSSR count). The SMILES string of the molecule is Cc1ccccc1N1C(=O)/C(=C\c2ccc(N3CCOCC3)cc2)NC1=S. The van der Waals surface area contributed by atoms with Crippen molar-refractivity contribution in [3.63, 3.8) is 0 Å². The zero-order valence-corrected chi connectivity index (χ0v) is 16.0. The second-order valence-corrected chi connectivity index (χ2v) is 6.99. The van der Waals surface area contributed by atoms with Crippen LogP contribution < -0.4 is 15.1 Å². The molecule has 138 valence electrons. The highest BCUT2D eigenvalue weighted by atomic mass is 32.1. The standard InChI is InChI=1S/C21H21N3O2S/c1-15-4-2-3-5-19(15)24-20(25)18(22-21(24)27)14-16-6-8-17(9-7-16)23-10-12-26-13-11-23/h2-9,14H,10-13H2,1H3,(H,22,27)/b18-14+. The summed E-state index contributed by atoms with van der Waals surface area (Å²) < 4.78 is 5.40. The Bertz CT molecular complexity index is 902. The van der Waals surface area contributed by atoms with Crippen molar-refractivity contribution in [3.8, 4) is 0 Å². The largest absolute Gasteiger partial charge is 0.378 e. The van der Waals surface area contributed by atoms with Gasteiger partial charge in [-0.2, -0.15) is 0 Å². The van der Waals surface area contributed by atoms with Crippen molar-refractivity contribution in [3.05, 3.63) is 65.4 Å². The maximum absolute atomic E-state index is 12.9. The minimum absolute atomic E-state index is 0.133. The van der Waals surface area contributed by atoms with Gasteiger partial charge in [0.15, 0.2) is 5.11 Å². The van der Waals surface area contributed by atoms with Crippen LogP contribution >= 0.6 is 12.2 Å². The number of para-hydroxylation sites is 1. The van der Waals surface area contributed by atoms with Crippen LogP contribution in [0.5, 0.6) is 0 Å². The van der Waals surface area contributed by atoms with E-state index >= 15 is 0 Å². The second kappa shape index (κ2) is 7.50. The van der Waals surface area contributed by atoms with Gasteiger partial charge in [-0.3, -0.25) is 9.69 Å². The maximum Gasteiger partial charge on any atom is 0.281 e. The van der Waals surface area contributed by atoms with Crippen molar-refractivity contribution in [1.82, 2.24) is 5.32 Å². The summed E-state index contributed by atoms with van der Waals surface area (Å²) in [4.78, 5) is 16.7. The van der Waals surface area contributed by atoms with Gasteiger partial charge >= 0.3 is 0 Å². The van der Waals surface area contributed by atoms with E-state index in [0.717, 1.165) is 43.1 Å². The molecule has 1 N–H and O–H groups in total. The molecule has 27 heavy (non-hydrogen) atoms. The second-order valence-electron chi connectivity index (χ2n) is 6.61. The van der Waals surface area contributed by atoms with Crippen LogP contribution in [0.1, 0.15) is 11.1 Å². The van der Waals surface area contributed by atoms with E-state index in [1.165, 1.54) is 5.69 Å². The summed E-state index contributed by atoms with van der Waals surface area (Å²) in [6.07, 6.45) is 1.84. The highest BCUT2D eigenvalue weighted by Gasteiger charge is 2.32. The van der Waals surface area contributed by atoms with Crippen molar-refractivity contribution in [1.29, 1.82) is 0 Å². The first-order chi connectivity index (χ1) is 13.1. The summed E-state index contributed by atoms with van der Waals surface area (Å²) in [7, 11) is 0. The third-order valence-electron chi connectivity index (χ3n) is 4.81. The number of aryl methyl sites for hydroxylation is 1. The van der Waals surface area contributed by atoms with Crippen LogP contribution in [0.25, 0.3) is 6.08 Å². The molecule has 0 bridgehead atoms. The number of morpholine rings is 1. The summed E-state index contributed by atoms with van der Waals surface area (Å²) in [5.74, 6) is -0.133. The van der Waals surface area contributed by atoms with Gasteiger partial charge in [-0.1, -0.05) is 30.3 Å². The fraction of sp³-hybridized carbons (Fsp3) is 0.238. The van der Waals surface area contributed by atoms with Crippen LogP contribution in [0.15, 0.2) is 54.2 Å². The third kappa shape index (κ3) is 3.59. The Kier molecular flexibility index (Phi) is 4.92. The molecule has 0 unspecified atom stereocenters. The van der Waals surface area contributed by atoms with Gasteiger partial charge in [-0.05, 0) is 54.5 Å². The zero-order chi connectivity index (χ0) is 18.8. The van der Waals surface area contributed by atoms with Gasteiger partial charge in [0.05, 0.1) is 18.9 Å². The average Bonchev–Trinajstić information content (AvgIpc) is 2.97. The number of anilines is 2. The van der Waals surface area contributed by atoms with Gasteiger partial charge in [-0.15, -0.1) is 0 Å². The monoisotopic (exact) mass is 379 g/mol. The molecule has 1 amide bonds. The van der Waals surface area contributed by atoms with E-state index in [1.807, 2.05) is 49.4 Å². The molecule has 2 aromatic carbocycles. The minimum atomic E-state index is -0.133. The number of hydrogen-bond acceptors (Lipinski definition) is 4. The number of ether oxygens (including phenoxy) is 1. The van der Waals surface area contributed by atoms with E-state index in [0.29, 0.717) is 10.8 Å². The molecule has 0 aliphatic carbocycles. The Morgan fingerprint density at radius 3 is 2.48 bits per heavy atom. The lowest BCUT2D eigenvalue weighted by Crippen LogP contribution is -2.36. The van der Waals surface area contributed by atoms with Crippen LogP contribution in [0.2, 0.25) is 0 Å². The molecule has 0 spiro atoms. The smallest absolute Gasteiger partial charge is 0.281 e. The fourth-order valence-corrected chi connectivity index (χ4v) is 3.63. The molecular weight excluding hydrogens is 358 g/mol. The summed E-state index contributed by atoms with van der Waals surface area (Å²) >= 11 is 5.39. The summed E-state index contributed by atoms with van der Waals surface area (Å²) in [6, 6.07) is 15.9. The van der Waals surface area contributed by atoms with Crippen molar-refractivity contribution in [2.24, 2.45) is 0 Å². The van der Waals surface area contributed by atoms with E-state index < -0.39 is 0 Å². The van der Waals surface area contributed by atoms with Crippen LogP contribution in [0.4, 0.5) is 11.4 Å². The Hall–Kier alpha value is -2.70. The molecule has 2 aromatic rings. The number of hydrogen-bond donors (Lipinski definition) is 1. The first-order valence-corrected chi connectivity index (χ1v) is 9.40. The molecule has 2 aliphatic rings. The van der Waals surface area contributed by atoms with E-state index in [4.69, 9.17) is 17.0 Å². The lowest BCUT2D eigenvalue weighted by Gasteiger charge is -2.28. The molecule has 2 fully saturated rings. The molecule has 6 heteroatoms. The minimum Gasteiger partial charge on any atom is -0.378 e. The topological polar surface area (TPSA) is 44.8 Å². The molecule has 5 nitrogen and oxygen atoms in total. The van der Waals surface area contributed by atoms with Gasteiger partial charge in [-0.25, -0.2) is 0 Å². The first-order valence-electron chi connectivity index (χ1n) is 8.99. The van der Waals surface area contributed by atoms with E-state index in [2.05, 4.69) is 22.3 Å². The van der Waals surface area contributed by atoms with Crippen molar-refractivity contribution < 1.29 is 9.53 Å². The summed E-state index contributed by atoms with van der Waals surface area (Å²) in [5.41, 5.74) is 4.43. The Morgan fingerprint density at radius 1 is 1.07 bits per heavy atom. The lowest BCUT2D eigenvalue weighted by molar-refractivity contribution is -0.113. The Labute approximate surface area is 164 Å². The molecule has 2 aliphatic heterocycles. The summed E-state index contributed by atoms with van der Waals surface area (Å²) in [5, 5.41) is 3.46. The fourth-order valence-electron chi connectivity index (χ4n) is 3.34.